The molecule has 1 unspecified atom stereocenters. The molecule has 1 atom stereocenters. The lowest BCUT2D eigenvalue weighted by atomic mass is 10.0. The topological polar surface area (TPSA) is 72.2 Å². The van der Waals surface area contributed by atoms with Gasteiger partial charge in [0, 0.05) is 0 Å². The number of hydrogen-bond acceptors (Lipinski definition) is 3. The summed E-state index contributed by atoms with van der Waals surface area (Å²) >= 11 is 0. The highest BCUT2D eigenvalue weighted by Gasteiger charge is 2.16. The molecule has 0 bridgehead atoms. The molecular formula is C12H16N2O2. The van der Waals surface area contributed by atoms with Crippen molar-refractivity contribution in [3.63, 3.8) is 0 Å². The highest BCUT2D eigenvalue weighted by molar-refractivity contribution is 5.88. The molecule has 0 radical (unpaired) electrons. The predicted molar refractivity (Wildman–Crippen MR) is 61.8 cm³/mol. The van der Waals surface area contributed by atoms with Gasteiger partial charge in [0.25, 0.3) is 0 Å². The molecular weight excluding hydrogens is 204 g/mol. The second-order valence-corrected chi connectivity index (χ2v) is 3.62. The Labute approximate surface area is 94.8 Å². The van der Waals surface area contributed by atoms with Crippen molar-refractivity contribution in [2.24, 2.45) is 5.73 Å². The molecule has 0 fully saturated rings. The zero-order valence-electron chi connectivity index (χ0n) is 9.27. The van der Waals surface area contributed by atoms with Crippen LogP contribution >= 0.6 is 0 Å². The summed E-state index contributed by atoms with van der Waals surface area (Å²) in [6.45, 7) is 1.36. The van der Waals surface area contributed by atoms with Gasteiger partial charge < -0.3 is 11.1 Å². The third-order valence-electron chi connectivity index (χ3n) is 2.29. The van der Waals surface area contributed by atoms with Crippen molar-refractivity contribution in [1.82, 2.24) is 5.32 Å². The fourth-order valence-electron chi connectivity index (χ4n) is 1.40. The van der Waals surface area contributed by atoms with Gasteiger partial charge in [-0.05, 0) is 18.9 Å². The lowest BCUT2D eigenvalue weighted by Gasteiger charge is -2.15. The standard InChI is InChI=1S/C12H16N2O2/c1-9(15)11(14-12(16)8-13)7-10-5-3-2-4-6-10/h2-6,11H,7-8,13H2,1H3,(H,14,16). The summed E-state index contributed by atoms with van der Waals surface area (Å²) in [5, 5.41) is 2.60. The summed E-state index contributed by atoms with van der Waals surface area (Å²) in [5.41, 5.74) is 6.20. The second kappa shape index (κ2) is 6.02. The van der Waals surface area contributed by atoms with Crippen LogP contribution in [0.15, 0.2) is 30.3 Å². The van der Waals surface area contributed by atoms with Gasteiger partial charge in [0.05, 0.1) is 12.6 Å². The van der Waals surface area contributed by atoms with Gasteiger partial charge in [-0.1, -0.05) is 30.3 Å². The molecule has 0 heterocycles. The smallest absolute Gasteiger partial charge is 0.234 e. The molecule has 1 rings (SSSR count). The first-order chi connectivity index (χ1) is 7.63. The number of carbonyl (C=O) groups is 2. The van der Waals surface area contributed by atoms with Crippen molar-refractivity contribution in [2.75, 3.05) is 6.54 Å². The molecule has 0 aliphatic carbocycles. The lowest BCUT2D eigenvalue weighted by molar-refractivity contribution is -0.126. The predicted octanol–water partition coefficient (Wildman–Crippen LogP) is 0.262. The van der Waals surface area contributed by atoms with Crippen LogP contribution in [-0.4, -0.2) is 24.3 Å². The Bertz CT molecular complexity index is 363. The van der Waals surface area contributed by atoms with E-state index in [9.17, 15) is 9.59 Å². The molecule has 1 aromatic carbocycles. The fourth-order valence-corrected chi connectivity index (χ4v) is 1.40. The third kappa shape index (κ3) is 3.82. The van der Waals surface area contributed by atoms with Crippen LogP contribution in [0.25, 0.3) is 0 Å². The normalized spacial score (nSPS) is 11.9. The number of rotatable bonds is 5. The average molecular weight is 220 g/mol. The van der Waals surface area contributed by atoms with Crippen molar-refractivity contribution in [2.45, 2.75) is 19.4 Å². The maximum Gasteiger partial charge on any atom is 0.234 e. The summed E-state index contributed by atoms with van der Waals surface area (Å²) in [6.07, 6.45) is 0.502. The molecule has 86 valence electrons. The first-order valence-electron chi connectivity index (χ1n) is 5.17. The quantitative estimate of drug-likeness (QED) is 0.747. The SMILES string of the molecule is CC(=O)C(Cc1ccccc1)NC(=O)CN. The van der Waals surface area contributed by atoms with Gasteiger partial charge in [0.2, 0.25) is 5.91 Å². The van der Waals surface area contributed by atoms with Gasteiger partial charge in [0.15, 0.2) is 5.78 Å². The van der Waals surface area contributed by atoms with E-state index in [4.69, 9.17) is 5.73 Å². The Balaban J connectivity index is 2.65. The van der Waals surface area contributed by atoms with Crippen molar-refractivity contribution in [1.29, 1.82) is 0 Å². The van der Waals surface area contributed by atoms with E-state index < -0.39 is 6.04 Å². The molecule has 0 saturated heterocycles. The fraction of sp³-hybridized carbons (Fsp3) is 0.333. The van der Waals surface area contributed by atoms with Crippen LogP contribution in [-0.2, 0) is 16.0 Å². The summed E-state index contributed by atoms with van der Waals surface area (Å²) in [4.78, 5) is 22.5. The number of carbonyl (C=O) groups excluding carboxylic acids is 2. The monoisotopic (exact) mass is 220 g/mol. The minimum atomic E-state index is -0.488. The Morgan fingerprint density at radius 3 is 2.44 bits per heavy atom. The van der Waals surface area contributed by atoms with E-state index in [-0.39, 0.29) is 18.2 Å². The Morgan fingerprint density at radius 1 is 1.31 bits per heavy atom. The number of nitrogens with one attached hydrogen (secondary N) is 1. The highest BCUT2D eigenvalue weighted by Crippen LogP contribution is 2.03. The molecule has 3 N–H and O–H groups in total. The summed E-state index contributed by atoms with van der Waals surface area (Å²) in [5.74, 6) is -0.373. The van der Waals surface area contributed by atoms with Crippen molar-refractivity contribution in [3.05, 3.63) is 35.9 Å². The highest BCUT2D eigenvalue weighted by atomic mass is 16.2. The Kier molecular flexibility index (Phi) is 4.66. The summed E-state index contributed by atoms with van der Waals surface area (Å²) in [7, 11) is 0. The molecule has 4 heteroatoms. The summed E-state index contributed by atoms with van der Waals surface area (Å²) in [6, 6.07) is 9.06. The number of hydrogen-bond donors (Lipinski definition) is 2. The minimum absolute atomic E-state index is 0.0642. The maximum atomic E-state index is 11.3. The first kappa shape index (κ1) is 12.4. The van der Waals surface area contributed by atoms with E-state index in [0.717, 1.165) is 5.56 Å². The number of Topliss-reactive ketones (excluding diaryl/α,β-unsaturated/α-hetero) is 1. The molecule has 4 nitrogen and oxygen atoms in total. The van der Waals surface area contributed by atoms with Crippen molar-refractivity contribution < 1.29 is 9.59 Å². The van der Waals surface area contributed by atoms with E-state index in [1.165, 1.54) is 6.92 Å². The van der Waals surface area contributed by atoms with Crippen LogP contribution in [0.4, 0.5) is 0 Å². The molecule has 0 saturated carbocycles. The van der Waals surface area contributed by atoms with E-state index in [1.807, 2.05) is 30.3 Å². The van der Waals surface area contributed by atoms with Crippen LogP contribution in [0.2, 0.25) is 0 Å². The van der Waals surface area contributed by atoms with Crippen LogP contribution in [0.3, 0.4) is 0 Å². The number of nitrogens with two attached hydrogens (primary N) is 1. The molecule has 16 heavy (non-hydrogen) atoms. The molecule has 1 aromatic rings. The van der Waals surface area contributed by atoms with E-state index in [1.54, 1.807) is 0 Å². The van der Waals surface area contributed by atoms with E-state index >= 15 is 0 Å². The van der Waals surface area contributed by atoms with Crippen LogP contribution in [0, 0.1) is 0 Å². The second-order valence-electron chi connectivity index (χ2n) is 3.62. The largest absolute Gasteiger partial charge is 0.345 e. The number of ketones is 1. The molecule has 0 aliphatic rings. The molecule has 0 aromatic heterocycles. The van der Waals surface area contributed by atoms with E-state index in [0.29, 0.717) is 6.42 Å². The zero-order chi connectivity index (χ0) is 12.0. The molecule has 1 amide bonds. The minimum Gasteiger partial charge on any atom is -0.345 e. The van der Waals surface area contributed by atoms with Gasteiger partial charge >= 0.3 is 0 Å². The Hall–Kier alpha value is -1.68. The molecule has 0 spiro atoms. The first-order valence-corrected chi connectivity index (χ1v) is 5.17. The lowest BCUT2D eigenvalue weighted by Crippen LogP contribution is -2.44. The zero-order valence-corrected chi connectivity index (χ0v) is 9.27. The van der Waals surface area contributed by atoms with Crippen molar-refractivity contribution in [3.8, 4) is 0 Å². The van der Waals surface area contributed by atoms with Gasteiger partial charge in [-0.2, -0.15) is 0 Å². The van der Waals surface area contributed by atoms with Crippen LogP contribution in [0.1, 0.15) is 12.5 Å². The third-order valence-corrected chi connectivity index (χ3v) is 2.29. The Morgan fingerprint density at radius 2 is 1.94 bits per heavy atom. The number of benzene rings is 1. The van der Waals surface area contributed by atoms with Gasteiger partial charge in [0.1, 0.15) is 0 Å². The number of amides is 1. The van der Waals surface area contributed by atoms with Gasteiger partial charge in [-0.3, -0.25) is 9.59 Å². The van der Waals surface area contributed by atoms with E-state index in [2.05, 4.69) is 5.32 Å². The van der Waals surface area contributed by atoms with Gasteiger partial charge in [-0.25, -0.2) is 0 Å². The van der Waals surface area contributed by atoms with Crippen molar-refractivity contribution >= 4 is 11.7 Å². The molecule has 0 aliphatic heterocycles. The maximum absolute atomic E-state index is 11.3. The van der Waals surface area contributed by atoms with Crippen LogP contribution in [0.5, 0.6) is 0 Å². The average Bonchev–Trinajstić information content (AvgIpc) is 2.29. The van der Waals surface area contributed by atoms with Gasteiger partial charge in [-0.15, -0.1) is 0 Å². The van der Waals surface area contributed by atoms with Crippen LogP contribution < -0.4 is 11.1 Å². The summed E-state index contributed by atoms with van der Waals surface area (Å²) < 4.78 is 0.